The van der Waals surface area contributed by atoms with Gasteiger partial charge in [-0.1, -0.05) is 13.3 Å². The van der Waals surface area contributed by atoms with Gasteiger partial charge in [0.1, 0.15) is 4.90 Å². The third-order valence-corrected chi connectivity index (χ3v) is 5.08. The normalized spacial score (nSPS) is 17.4. The topological polar surface area (TPSA) is 85.1 Å². The minimum Gasteiger partial charge on any atom is -0.325 e. The maximum atomic E-state index is 12.1. The van der Waals surface area contributed by atoms with Gasteiger partial charge in [0.15, 0.2) is 0 Å². The number of nitrogens with zero attached hydrogens (tertiary/aromatic N) is 1. The van der Waals surface area contributed by atoms with E-state index in [0.717, 1.165) is 25.7 Å². The molecule has 0 aliphatic heterocycles. The lowest BCUT2D eigenvalue weighted by Crippen LogP contribution is -2.30. The van der Waals surface area contributed by atoms with E-state index < -0.39 is 10.0 Å². The molecule has 5 nitrogen and oxygen atoms in total. The maximum Gasteiger partial charge on any atom is 0.242 e. The minimum absolute atomic E-state index is 0.201. The van der Waals surface area contributed by atoms with Crippen LogP contribution in [0.5, 0.6) is 0 Å². The summed E-state index contributed by atoms with van der Waals surface area (Å²) in [5, 5.41) is 0. The van der Waals surface area contributed by atoms with Gasteiger partial charge in [0, 0.05) is 19.3 Å². The summed E-state index contributed by atoms with van der Waals surface area (Å²) in [5.41, 5.74) is 6.32. The van der Waals surface area contributed by atoms with Gasteiger partial charge in [-0.2, -0.15) is 0 Å². The van der Waals surface area contributed by atoms with Gasteiger partial charge in [-0.05, 0) is 36.8 Å². The van der Waals surface area contributed by atoms with E-state index in [1.165, 1.54) is 6.20 Å². The van der Waals surface area contributed by atoms with E-state index in [2.05, 4.69) is 16.6 Å². The fourth-order valence-electron chi connectivity index (χ4n) is 2.24. The number of nitrogens with two attached hydrogens (primary N) is 1. The van der Waals surface area contributed by atoms with E-state index in [0.29, 0.717) is 18.8 Å². The lowest BCUT2D eigenvalue weighted by Gasteiger charge is -2.15. The van der Waals surface area contributed by atoms with Crippen molar-refractivity contribution in [2.45, 2.75) is 44.0 Å². The molecule has 1 saturated carbocycles. The summed E-state index contributed by atoms with van der Waals surface area (Å²) in [7, 11) is -3.45. The van der Waals surface area contributed by atoms with Crippen molar-refractivity contribution in [2.75, 3.05) is 6.54 Å². The Morgan fingerprint density at radius 2 is 2.16 bits per heavy atom. The Morgan fingerprint density at radius 1 is 1.42 bits per heavy atom. The summed E-state index contributed by atoms with van der Waals surface area (Å²) in [6.45, 7) is 2.97. The second-order valence-electron chi connectivity index (χ2n) is 5.26. The van der Waals surface area contributed by atoms with E-state index in [1.807, 2.05) is 0 Å². The first kappa shape index (κ1) is 14.4. The Labute approximate surface area is 114 Å². The van der Waals surface area contributed by atoms with Crippen LogP contribution in [0.4, 0.5) is 0 Å². The zero-order chi connectivity index (χ0) is 13.9. The second kappa shape index (κ2) is 5.56. The molecule has 106 valence electrons. The molecule has 1 heterocycles. The van der Waals surface area contributed by atoms with Gasteiger partial charge in [0.25, 0.3) is 0 Å². The van der Waals surface area contributed by atoms with E-state index in [4.69, 9.17) is 5.73 Å². The Kier molecular flexibility index (Phi) is 4.23. The van der Waals surface area contributed by atoms with Crippen LogP contribution in [0.25, 0.3) is 0 Å². The van der Waals surface area contributed by atoms with E-state index >= 15 is 0 Å². The van der Waals surface area contributed by atoms with Crippen molar-refractivity contribution in [2.24, 2.45) is 11.1 Å². The van der Waals surface area contributed by atoms with Gasteiger partial charge < -0.3 is 5.73 Å². The fourth-order valence-corrected chi connectivity index (χ4v) is 3.35. The Bertz CT molecular complexity index is 521. The minimum atomic E-state index is -3.45. The van der Waals surface area contributed by atoms with Gasteiger partial charge in [-0.25, -0.2) is 13.1 Å². The molecule has 1 aliphatic carbocycles. The molecule has 0 atom stereocenters. The van der Waals surface area contributed by atoms with Crippen LogP contribution in [0.2, 0.25) is 0 Å². The molecule has 1 aromatic heterocycles. The first-order valence-corrected chi connectivity index (χ1v) is 8.14. The number of sulfonamides is 1. The highest BCUT2D eigenvalue weighted by Gasteiger charge is 2.42. The molecule has 1 fully saturated rings. The molecule has 19 heavy (non-hydrogen) atoms. The summed E-state index contributed by atoms with van der Waals surface area (Å²) in [6, 6.07) is 3.20. The molecule has 0 amide bonds. The predicted molar refractivity (Wildman–Crippen MR) is 73.9 cm³/mol. The molecular formula is C13H21N3O2S. The Hall–Kier alpha value is -0.980. The van der Waals surface area contributed by atoms with E-state index in [1.54, 1.807) is 12.1 Å². The number of hydrogen-bond acceptors (Lipinski definition) is 4. The molecule has 1 aliphatic rings. The third-order valence-electron chi connectivity index (χ3n) is 3.69. The van der Waals surface area contributed by atoms with Crippen LogP contribution in [0.3, 0.4) is 0 Å². The molecule has 2 rings (SSSR count). The van der Waals surface area contributed by atoms with Gasteiger partial charge in [0.2, 0.25) is 10.0 Å². The molecule has 6 heteroatoms. The lowest BCUT2D eigenvalue weighted by molar-refractivity contribution is 0.449. The molecule has 0 saturated heterocycles. The van der Waals surface area contributed by atoms with Crippen molar-refractivity contribution in [1.82, 2.24) is 9.71 Å². The van der Waals surface area contributed by atoms with Crippen LogP contribution in [-0.2, 0) is 16.6 Å². The van der Waals surface area contributed by atoms with Gasteiger partial charge in [-0.3, -0.25) is 4.98 Å². The van der Waals surface area contributed by atoms with Crippen LogP contribution in [-0.4, -0.2) is 19.9 Å². The average Bonchev–Trinajstić information content (AvgIpc) is 3.18. The van der Waals surface area contributed by atoms with Crippen LogP contribution in [0.15, 0.2) is 23.2 Å². The summed E-state index contributed by atoms with van der Waals surface area (Å²) in [4.78, 5) is 4.22. The van der Waals surface area contributed by atoms with Crippen molar-refractivity contribution >= 4 is 10.0 Å². The quantitative estimate of drug-likeness (QED) is 0.792. The van der Waals surface area contributed by atoms with E-state index in [-0.39, 0.29) is 10.3 Å². The first-order valence-electron chi connectivity index (χ1n) is 6.66. The highest BCUT2D eigenvalue weighted by atomic mass is 32.2. The molecule has 0 spiro atoms. The maximum absolute atomic E-state index is 12.1. The van der Waals surface area contributed by atoms with Gasteiger partial charge >= 0.3 is 0 Å². The number of pyridine rings is 1. The van der Waals surface area contributed by atoms with E-state index in [9.17, 15) is 8.42 Å². The lowest BCUT2D eigenvalue weighted by atomic mass is 10.0. The Morgan fingerprint density at radius 3 is 2.63 bits per heavy atom. The molecule has 0 unspecified atom stereocenters. The average molecular weight is 283 g/mol. The first-order chi connectivity index (χ1) is 9.01. The number of aromatic nitrogens is 1. The van der Waals surface area contributed by atoms with Crippen molar-refractivity contribution < 1.29 is 8.42 Å². The van der Waals surface area contributed by atoms with Crippen LogP contribution >= 0.6 is 0 Å². The SMILES string of the molecule is CCCC1(CNS(=O)(=O)c2ccc(CN)nc2)CC1. The number of nitrogens with one attached hydrogen (secondary N) is 1. The molecule has 0 aromatic carbocycles. The summed E-state index contributed by atoms with van der Waals surface area (Å²) in [5.74, 6) is 0. The summed E-state index contributed by atoms with van der Waals surface area (Å²) < 4.78 is 27.0. The van der Waals surface area contributed by atoms with Crippen LogP contribution in [0.1, 0.15) is 38.3 Å². The second-order valence-corrected chi connectivity index (χ2v) is 7.03. The Balaban J connectivity index is 2.01. The highest BCUT2D eigenvalue weighted by Crippen LogP contribution is 2.49. The van der Waals surface area contributed by atoms with Crippen molar-refractivity contribution in [3.63, 3.8) is 0 Å². The zero-order valence-electron chi connectivity index (χ0n) is 11.2. The highest BCUT2D eigenvalue weighted by molar-refractivity contribution is 7.89. The van der Waals surface area contributed by atoms with Crippen molar-refractivity contribution in [3.05, 3.63) is 24.0 Å². The predicted octanol–water partition coefficient (Wildman–Crippen LogP) is 1.40. The van der Waals surface area contributed by atoms with Crippen molar-refractivity contribution in [1.29, 1.82) is 0 Å². The molecular weight excluding hydrogens is 262 g/mol. The number of hydrogen-bond donors (Lipinski definition) is 2. The van der Waals surface area contributed by atoms with Gasteiger partial charge in [-0.15, -0.1) is 0 Å². The fraction of sp³-hybridized carbons (Fsp3) is 0.615. The molecule has 3 N–H and O–H groups in total. The van der Waals surface area contributed by atoms with Crippen molar-refractivity contribution in [3.8, 4) is 0 Å². The summed E-state index contributed by atoms with van der Waals surface area (Å²) in [6.07, 6.45) is 5.78. The number of rotatable bonds is 7. The largest absolute Gasteiger partial charge is 0.325 e. The van der Waals surface area contributed by atoms with Crippen LogP contribution in [0, 0.1) is 5.41 Å². The molecule has 0 bridgehead atoms. The van der Waals surface area contributed by atoms with Crippen LogP contribution < -0.4 is 10.5 Å². The molecule has 0 radical (unpaired) electrons. The van der Waals surface area contributed by atoms with Gasteiger partial charge in [0.05, 0.1) is 5.69 Å². The summed E-state index contributed by atoms with van der Waals surface area (Å²) >= 11 is 0. The third kappa shape index (κ3) is 3.52. The smallest absolute Gasteiger partial charge is 0.242 e. The standard InChI is InChI=1S/C13H21N3O2S/c1-2-5-13(6-7-13)10-16-19(17,18)12-4-3-11(8-14)15-9-12/h3-4,9,16H,2,5-8,10,14H2,1H3. The zero-order valence-corrected chi connectivity index (χ0v) is 12.0. The monoisotopic (exact) mass is 283 g/mol. The molecule has 1 aromatic rings.